The highest BCUT2D eigenvalue weighted by atomic mass is 35.5. The summed E-state index contributed by atoms with van der Waals surface area (Å²) in [5.74, 6) is 0.820. The van der Waals surface area contributed by atoms with Crippen molar-refractivity contribution in [2.24, 2.45) is 11.3 Å². The number of hydrogen-bond acceptors (Lipinski definition) is 3. The Bertz CT molecular complexity index is 1440. The Morgan fingerprint density at radius 1 is 1.25 bits per heavy atom. The van der Waals surface area contributed by atoms with Crippen LogP contribution in [0.1, 0.15) is 90.3 Å². The monoisotopic (exact) mass is 567 g/mol. The molecule has 0 unspecified atom stereocenters. The molecule has 2 aliphatic carbocycles. The van der Waals surface area contributed by atoms with Crippen molar-refractivity contribution < 1.29 is 4.39 Å². The zero-order valence-electron chi connectivity index (χ0n) is 24.5. The number of aromatic amines is 1. The summed E-state index contributed by atoms with van der Waals surface area (Å²) in [6, 6.07) is 7.60. The normalized spacial score (nSPS) is 16.4. The predicted molar refractivity (Wildman–Crippen MR) is 164 cm³/mol. The van der Waals surface area contributed by atoms with E-state index in [4.69, 9.17) is 22.4 Å². The number of pyridine rings is 1. The molecular weight excluding hydrogens is 525 g/mol. The van der Waals surface area contributed by atoms with Crippen LogP contribution < -0.4 is 5.56 Å². The van der Waals surface area contributed by atoms with Gasteiger partial charge in [0.05, 0.1) is 27.9 Å². The summed E-state index contributed by atoms with van der Waals surface area (Å²) in [5, 5.41) is 16.7. The van der Waals surface area contributed by atoms with E-state index in [1.165, 1.54) is 49.3 Å². The van der Waals surface area contributed by atoms with Gasteiger partial charge in [-0.1, -0.05) is 77.1 Å². The molecule has 40 heavy (non-hydrogen) atoms. The van der Waals surface area contributed by atoms with Gasteiger partial charge in [-0.3, -0.25) is 20.2 Å². The molecule has 0 amide bonds. The van der Waals surface area contributed by atoms with E-state index in [0.717, 1.165) is 30.7 Å². The molecule has 2 aromatic heterocycles. The Hall–Kier alpha value is -2.93. The zero-order chi connectivity index (χ0) is 29.2. The lowest BCUT2D eigenvalue weighted by Gasteiger charge is -2.50. The fourth-order valence-electron chi connectivity index (χ4n) is 6.13. The Morgan fingerprint density at radius 2 is 1.95 bits per heavy atom. The topological polar surface area (TPSA) is 88.7 Å². The van der Waals surface area contributed by atoms with Gasteiger partial charge in [-0.25, -0.2) is 4.39 Å². The van der Waals surface area contributed by atoms with Gasteiger partial charge < -0.3 is 9.88 Å². The molecule has 2 saturated carbocycles. The van der Waals surface area contributed by atoms with Gasteiger partial charge in [0.25, 0.3) is 5.56 Å². The highest BCUT2D eigenvalue weighted by Gasteiger charge is 2.63. The molecule has 0 bridgehead atoms. The van der Waals surface area contributed by atoms with E-state index in [2.05, 4.69) is 25.8 Å². The van der Waals surface area contributed by atoms with Gasteiger partial charge in [-0.05, 0) is 61.1 Å². The molecule has 5 rings (SSSR count). The minimum absolute atomic E-state index is 0.126. The third kappa shape index (κ3) is 5.63. The Labute approximate surface area is 241 Å². The number of likely N-dealkylation sites (N-methyl/N-ethyl adjacent to an activating group) is 1. The maximum atomic E-state index is 14.6. The third-order valence-electron chi connectivity index (χ3n) is 8.65. The molecule has 8 heteroatoms. The van der Waals surface area contributed by atoms with Crippen LogP contribution >= 0.6 is 11.6 Å². The number of fused-ring (bicyclic) bond motifs is 1. The summed E-state index contributed by atoms with van der Waals surface area (Å²) >= 11 is 6.40. The van der Waals surface area contributed by atoms with Gasteiger partial charge in [0.1, 0.15) is 11.4 Å². The lowest BCUT2D eigenvalue weighted by molar-refractivity contribution is 0.174. The Balaban J connectivity index is 0.000000406. The summed E-state index contributed by atoms with van der Waals surface area (Å²) in [6.07, 6.45) is 12.8. The van der Waals surface area contributed by atoms with Crippen molar-refractivity contribution in [3.8, 4) is 5.69 Å². The first-order chi connectivity index (χ1) is 19.0. The van der Waals surface area contributed by atoms with Crippen LogP contribution in [0.5, 0.6) is 0 Å². The molecule has 2 heterocycles. The van der Waals surface area contributed by atoms with Crippen LogP contribution in [0, 0.1) is 28.0 Å². The highest BCUT2D eigenvalue weighted by Crippen LogP contribution is 2.69. The number of nitrogens with one attached hydrogen (secondary N) is 3. The minimum atomic E-state index is -0.482. The summed E-state index contributed by atoms with van der Waals surface area (Å²) in [4.78, 5) is 17.7. The van der Waals surface area contributed by atoms with Crippen LogP contribution in [0.4, 0.5) is 4.39 Å². The van der Waals surface area contributed by atoms with Gasteiger partial charge >= 0.3 is 0 Å². The molecule has 0 atom stereocenters. The molecule has 2 fully saturated rings. The standard InChI is InChI=1S/C24H25ClFN5O.C8H18/c1-3-17-19(26)18-16(25)10-31(21(32)20(18)29-17)15-6-4-5-14(9-15)24(22(28)30(2)13-27)11-23(12-24)7-8-23;1-4-5-6-7-8(2)3/h4-6,9-10,13,27-29H,3,7-8,11-12H2,1-2H3;8H,4-7H2,1-3H3. The van der Waals surface area contributed by atoms with Crippen LogP contribution in [0.2, 0.25) is 5.02 Å². The average Bonchev–Trinajstić information content (AvgIpc) is 3.64. The van der Waals surface area contributed by atoms with Crippen molar-refractivity contribution in [1.29, 1.82) is 10.8 Å². The number of H-pyrrole nitrogens is 1. The van der Waals surface area contributed by atoms with E-state index >= 15 is 0 Å². The molecule has 0 aliphatic heterocycles. The number of nitrogens with zero attached hydrogens (tertiary/aromatic N) is 2. The number of amidine groups is 1. The van der Waals surface area contributed by atoms with Crippen molar-refractivity contribution in [2.75, 3.05) is 7.05 Å². The first-order valence-electron chi connectivity index (χ1n) is 14.6. The van der Waals surface area contributed by atoms with Crippen LogP contribution in [-0.4, -0.2) is 33.7 Å². The number of aryl methyl sites for hydroxylation is 1. The lowest BCUT2D eigenvalue weighted by atomic mass is 9.55. The first kappa shape index (κ1) is 30.0. The molecular formula is C32H43ClFN5O. The summed E-state index contributed by atoms with van der Waals surface area (Å²) in [5.41, 5.74) is 1.55. The third-order valence-corrected chi connectivity index (χ3v) is 8.94. The van der Waals surface area contributed by atoms with E-state index in [-0.39, 0.29) is 21.5 Å². The number of rotatable bonds is 9. The summed E-state index contributed by atoms with van der Waals surface area (Å²) in [6.45, 7) is 8.64. The Kier molecular flexibility index (Phi) is 8.93. The number of halogens is 2. The molecule has 3 N–H and O–H groups in total. The fraction of sp³-hybridized carbons (Fsp3) is 0.531. The van der Waals surface area contributed by atoms with E-state index in [1.807, 2.05) is 31.2 Å². The molecule has 216 valence electrons. The molecule has 1 aromatic carbocycles. The van der Waals surface area contributed by atoms with Crippen molar-refractivity contribution in [3.05, 3.63) is 62.9 Å². The molecule has 3 aromatic rings. The lowest BCUT2D eigenvalue weighted by Crippen LogP contribution is -2.53. The molecule has 1 spiro atoms. The van der Waals surface area contributed by atoms with E-state index in [9.17, 15) is 9.18 Å². The van der Waals surface area contributed by atoms with Crippen LogP contribution in [0.25, 0.3) is 16.6 Å². The Morgan fingerprint density at radius 3 is 2.52 bits per heavy atom. The van der Waals surface area contributed by atoms with E-state index < -0.39 is 11.2 Å². The quantitative estimate of drug-likeness (QED) is 0.138. The smallest absolute Gasteiger partial charge is 0.279 e. The van der Waals surface area contributed by atoms with Crippen LogP contribution in [0.3, 0.4) is 0 Å². The van der Waals surface area contributed by atoms with Gasteiger partial charge in [0.15, 0.2) is 5.82 Å². The zero-order valence-corrected chi connectivity index (χ0v) is 25.2. The second-order valence-corrected chi connectivity index (χ2v) is 12.5. The average molecular weight is 568 g/mol. The SMILES string of the molecule is CCCCCC(C)C.CCc1[nH]c2c(=O)n(-c3cccc(C4(C(=N)N(C)C=N)CC5(CC5)C4)c3)cc(Cl)c2c1F. The highest BCUT2D eigenvalue weighted by molar-refractivity contribution is 6.35. The van der Waals surface area contributed by atoms with Crippen molar-refractivity contribution >= 4 is 34.7 Å². The molecule has 0 radical (unpaired) electrons. The van der Waals surface area contributed by atoms with Crippen LogP contribution in [0.15, 0.2) is 35.3 Å². The molecule has 0 saturated heterocycles. The van der Waals surface area contributed by atoms with E-state index in [0.29, 0.717) is 29.1 Å². The maximum Gasteiger partial charge on any atom is 0.279 e. The number of benzene rings is 1. The molecule has 6 nitrogen and oxygen atoms in total. The number of hydrogen-bond donors (Lipinski definition) is 3. The predicted octanol–water partition coefficient (Wildman–Crippen LogP) is 8.22. The summed E-state index contributed by atoms with van der Waals surface area (Å²) < 4.78 is 16.1. The summed E-state index contributed by atoms with van der Waals surface area (Å²) in [7, 11) is 1.72. The second kappa shape index (κ2) is 11.9. The van der Waals surface area contributed by atoms with E-state index in [1.54, 1.807) is 11.9 Å². The largest absolute Gasteiger partial charge is 0.351 e. The second-order valence-electron chi connectivity index (χ2n) is 12.1. The fourth-order valence-corrected chi connectivity index (χ4v) is 6.41. The number of aromatic nitrogens is 2. The number of unbranched alkanes of at least 4 members (excludes halogenated alkanes) is 2. The van der Waals surface area contributed by atoms with Gasteiger partial charge in [-0.2, -0.15) is 0 Å². The van der Waals surface area contributed by atoms with Gasteiger partial charge in [0, 0.05) is 18.9 Å². The maximum absolute atomic E-state index is 14.6. The van der Waals surface area contributed by atoms with Crippen molar-refractivity contribution in [1.82, 2.24) is 14.5 Å². The van der Waals surface area contributed by atoms with Crippen molar-refractivity contribution in [2.45, 2.75) is 90.9 Å². The van der Waals surface area contributed by atoms with Crippen molar-refractivity contribution in [3.63, 3.8) is 0 Å². The van der Waals surface area contributed by atoms with Gasteiger partial charge in [-0.15, -0.1) is 0 Å². The van der Waals surface area contributed by atoms with Gasteiger partial charge in [0.2, 0.25) is 0 Å². The van der Waals surface area contributed by atoms with Crippen LogP contribution in [-0.2, 0) is 11.8 Å². The minimum Gasteiger partial charge on any atom is -0.351 e. The molecule has 2 aliphatic rings. The first-order valence-corrected chi connectivity index (χ1v) is 14.9.